The molecule has 0 atom stereocenters. The molecule has 3 heterocycles. The Balaban J connectivity index is 1.52. The number of likely N-dealkylation sites (tertiary alicyclic amines) is 1. The van der Waals surface area contributed by atoms with E-state index >= 15 is 0 Å². The number of aromatic carboxylic acids is 1. The van der Waals surface area contributed by atoms with E-state index in [1.165, 1.54) is 12.1 Å². The summed E-state index contributed by atoms with van der Waals surface area (Å²) in [7, 11) is 0. The number of carboxylic acids is 1. The molecule has 7 heteroatoms. The van der Waals surface area contributed by atoms with Gasteiger partial charge in [-0.25, -0.2) is 4.79 Å². The standard InChI is InChI=1S/C26H24N2O5/c1-26(2)19(15-5-7-16(8-6-15)24(30)28-11-3-4-12-28)14-21(33-26)22-18-13-17(25(31)32)9-10-20(18)27-23(22)29/h5-10,13-14H,3-4,11-12H2,1-2H3,(H,27,29)(H,31,32)/b22-21+. The van der Waals surface area contributed by atoms with Crippen LogP contribution in [0.3, 0.4) is 0 Å². The largest absolute Gasteiger partial charge is 0.482 e. The number of amides is 2. The highest BCUT2D eigenvalue weighted by atomic mass is 16.5. The molecule has 2 amide bonds. The molecule has 2 aromatic rings. The highest BCUT2D eigenvalue weighted by molar-refractivity contribution is 6.32. The number of nitrogens with one attached hydrogen (secondary N) is 1. The van der Waals surface area contributed by atoms with Crippen LogP contribution in [-0.2, 0) is 9.53 Å². The third-order valence-corrected chi connectivity index (χ3v) is 6.38. The SMILES string of the molecule is CC1(C)O/C(=C2/C(=O)Nc3ccc(C(=O)O)cc32)C=C1c1ccc(C(=O)N2CCCC2)cc1. The Kier molecular flexibility index (Phi) is 4.85. The Hall–Kier alpha value is -3.87. The number of hydrogen-bond donors (Lipinski definition) is 2. The quantitative estimate of drug-likeness (QED) is 0.693. The van der Waals surface area contributed by atoms with Crippen molar-refractivity contribution in [2.45, 2.75) is 32.3 Å². The van der Waals surface area contributed by atoms with E-state index in [2.05, 4.69) is 5.32 Å². The number of hydrogen-bond acceptors (Lipinski definition) is 4. The van der Waals surface area contributed by atoms with Gasteiger partial charge >= 0.3 is 5.97 Å². The maximum atomic E-state index is 12.7. The van der Waals surface area contributed by atoms with Gasteiger partial charge in [-0.05, 0) is 68.7 Å². The zero-order valence-electron chi connectivity index (χ0n) is 18.5. The molecule has 0 bridgehead atoms. The van der Waals surface area contributed by atoms with Gasteiger partial charge in [0.05, 0.1) is 11.1 Å². The normalized spacial score (nSPS) is 20.8. The van der Waals surface area contributed by atoms with E-state index in [9.17, 15) is 19.5 Å². The summed E-state index contributed by atoms with van der Waals surface area (Å²) < 4.78 is 6.19. The Bertz CT molecular complexity index is 1250. The first-order chi connectivity index (χ1) is 15.7. The average molecular weight is 444 g/mol. The lowest BCUT2D eigenvalue weighted by molar-refractivity contribution is -0.111. The monoisotopic (exact) mass is 444 g/mol. The smallest absolute Gasteiger partial charge is 0.335 e. The van der Waals surface area contributed by atoms with Crippen LogP contribution in [-0.4, -0.2) is 46.5 Å². The molecule has 33 heavy (non-hydrogen) atoms. The van der Waals surface area contributed by atoms with Crippen molar-refractivity contribution in [3.63, 3.8) is 0 Å². The molecule has 1 saturated heterocycles. The number of anilines is 1. The van der Waals surface area contributed by atoms with Crippen molar-refractivity contribution in [2.24, 2.45) is 0 Å². The molecule has 0 aromatic heterocycles. The van der Waals surface area contributed by atoms with Crippen LogP contribution in [0.2, 0.25) is 0 Å². The topological polar surface area (TPSA) is 95.9 Å². The van der Waals surface area contributed by atoms with E-state index in [0.29, 0.717) is 28.1 Å². The van der Waals surface area contributed by atoms with Gasteiger partial charge in [0.25, 0.3) is 11.8 Å². The fraction of sp³-hybridized carbons (Fsp3) is 0.269. The number of carbonyl (C=O) groups excluding carboxylic acids is 2. The summed E-state index contributed by atoms with van der Waals surface area (Å²) in [5.41, 5.74) is 3.19. The van der Waals surface area contributed by atoms with Crippen molar-refractivity contribution in [3.05, 3.63) is 76.6 Å². The Morgan fingerprint density at radius 3 is 2.36 bits per heavy atom. The number of carboxylic acid groups (broad SMARTS) is 1. The second-order valence-corrected chi connectivity index (χ2v) is 9.01. The highest BCUT2D eigenvalue weighted by Gasteiger charge is 2.38. The Morgan fingerprint density at radius 2 is 1.70 bits per heavy atom. The summed E-state index contributed by atoms with van der Waals surface area (Å²) in [6.07, 6.45) is 3.92. The van der Waals surface area contributed by atoms with E-state index in [1.807, 2.05) is 49.1 Å². The summed E-state index contributed by atoms with van der Waals surface area (Å²) in [6, 6.07) is 12.0. The van der Waals surface area contributed by atoms with Gasteiger partial charge in [-0.2, -0.15) is 0 Å². The molecule has 0 radical (unpaired) electrons. The number of benzene rings is 2. The molecule has 3 aliphatic heterocycles. The molecule has 168 valence electrons. The predicted molar refractivity (Wildman–Crippen MR) is 124 cm³/mol. The molecule has 0 unspecified atom stereocenters. The molecule has 2 aromatic carbocycles. The first-order valence-corrected chi connectivity index (χ1v) is 11.0. The van der Waals surface area contributed by atoms with Crippen molar-refractivity contribution in [1.82, 2.24) is 4.90 Å². The molecule has 2 N–H and O–H groups in total. The van der Waals surface area contributed by atoms with Gasteiger partial charge in [0.2, 0.25) is 0 Å². The molecule has 0 spiro atoms. The molecule has 5 rings (SSSR count). The lowest BCUT2D eigenvalue weighted by atomic mass is 9.91. The molecule has 1 fully saturated rings. The minimum Gasteiger partial charge on any atom is -0.482 e. The number of nitrogens with zero attached hydrogens (tertiary/aromatic N) is 1. The van der Waals surface area contributed by atoms with Gasteiger partial charge < -0.3 is 20.1 Å². The van der Waals surface area contributed by atoms with E-state index < -0.39 is 11.6 Å². The zero-order chi connectivity index (χ0) is 23.3. The maximum Gasteiger partial charge on any atom is 0.335 e. The van der Waals surface area contributed by atoms with Crippen molar-refractivity contribution in [3.8, 4) is 0 Å². The van der Waals surface area contributed by atoms with Crippen LogP contribution < -0.4 is 5.32 Å². The van der Waals surface area contributed by atoms with Gasteiger partial charge in [0.1, 0.15) is 11.4 Å². The van der Waals surface area contributed by atoms with E-state index in [1.54, 1.807) is 6.07 Å². The highest BCUT2D eigenvalue weighted by Crippen LogP contribution is 2.44. The van der Waals surface area contributed by atoms with Gasteiger partial charge in [0, 0.05) is 35.5 Å². The Morgan fingerprint density at radius 1 is 1.03 bits per heavy atom. The third kappa shape index (κ3) is 3.59. The minimum absolute atomic E-state index is 0.0474. The van der Waals surface area contributed by atoms with Crippen LogP contribution >= 0.6 is 0 Å². The van der Waals surface area contributed by atoms with Crippen LogP contribution in [0.25, 0.3) is 11.1 Å². The number of carbonyl (C=O) groups is 3. The zero-order valence-corrected chi connectivity index (χ0v) is 18.5. The van der Waals surface area contributed by atoms with Crippen LogP contribution in [0.1, 0.15) is 58.5 Å². The fourth-order valence-corrected chi connectivity index (χ4v) is 4.66. The predicted octanol–water partition coefficient (Wildman–Crippen LogP) is 4.18. The number of allylic oxidation sites excluding steroid dienone is 1. The van der Waals surface area contributed by atoms with Gasteiger partial charge in [0.15, 0.2) is 0 Å². The molecule has 3 aliphatic rings. The average Bonchev–Trinajstić information content (AvgIpc) is 3.49. The van der Waals surface area contributed by atoms with Crippen molar-refractivity contribution < 1.29 is 24.2 Å². The molecule has 0 saturated carbocycles. The van der Waals surface area contributed by atoms with E-state index in [0.717, 1.165) is 37.1 Å². The third-order valence-electron chi connectivity index (χ3n) is 6.38. The van der Waals surface area contributed by atoms with Gasteiger partial charge in [-0.3, -0.25) is 9.59 Å². The van der Waals surface area contributed by atoms with Crippen LogP contribution in [0, 0.1) is 0 Å². The summed E-state index contributed by atoms with van der Waals surface area (Å²) in [5.74, 6) is -0.950. The lowest BCUT2D eigenvalue weighted by Gasteiger charge is -2.23. The second kappa shape index (κ2) is 7.62. The molecule has 0 aliphatic carbocycles. The number of rotatable bonds is 3. The van der Waals surface area contributed by atoms with E-state index in [-0.39, 0.29) is 17.4 Å². The minimum atomic E-state index is -1.06. The van der Waals surface area contributed by atoms with Crippen LogP contribution in [0.5, 0.6) is 0 Å². The van der Waals surface area contributed by atoms with Crippen LogP contribution in [0.4, 0.5) is 5.69 Å². The number of fused-ring (bicyclic) bond motifs is 1. The van der Waals surface area contributed by atoms with Crippen LogP contribution in [0.15, 0.2) is 54.3 Å². The van der Waals surface area contributed by atoms with Crippen molar-refractivity contribution >= 4 is 34.6 Å². The first kappa shape index (κ1) is 21.0. The number of ether oxygens (including phenoxy) is 1. The Labute approximate surface area is 191 Å². The van der Waals surface area contributed by atoms with Gasteiger partial charge in [-0.1, -0.05) is 12.1 Å². The summed E-state index contributed by atoms with van der Waals surface area (Å²) >= 11 is 0. The van der Waals surface area contributed by atoms with Crippen molar-refractivity contribution in [1.29, 1.82) is 0 Å². The maximum absolute atomic E-state index is 12.7. The van der Waals surface area contributed by atoms with Gasteiger partial charge in [-0.15, -0.1) is 0 Å². The molecular formula is C26H24N2O5. The lowest BCUT2D eigenvalue weighted by Crippen LogP contribution is -2.27. The summed E-state index contributed by atoms with van der Waals surface area (Å²) in [4.78, 5) is 38.7. The second-order valence-electron chi connectivity index (χ2n) is 9.01. The molecule has 7 nitrogen and oxygen atoms in total. The van der Waals surface area contributed by atoms with E-state index in [4.69, 9.17) is 4.74 Å². The fourth-order valence-electron chi connectivity index (χ4n) is 4.66. The summed E-state index contributed by atoms with van der Waals surface area (Å²) in [5, 5.41) is 12.1. The molecular weight excluding hydrogens is 420 g/mol. The first-order valence-electron chi connectivity index (χ1n) is 11.0. The van der Waals surface area contributed by atoms with Crippen molar-refractivity contribution in [2.75, 3.05) is 18.4 Å². The summed E-state index contributed by atoms with van der Waals surface area (Å²) in [6.45, 7) is 5.43.